The number of sulfone groups is 1. The second-order valence-electron chi connectivity index (χ2n) is 12.2. The Bertz CT molecular complexity index is 1760. The number of aliphatic hydroxyl groups excluding tert-OH is 1. The average molecular weight is 698 g/mol. The molecule has 256 valence electrons. The van der Waals surface area contributed by atoms with E-state index in [0.29, 0.717) is 35.1 Å². The molecule has 0 aliphatic carbocycles. The van der Waals surface area contributed by atoms with Crippen LogP contribution in [-0.2, 0) is 43.7 Å². The monoisotopic (exact) mass is 697 g/mol. The number of carbonyl (C=O) groups is 2. The van der Waals surface area contributed by atoms with Crippen molar-refractivity contribution in [2.75, 3.05) is 12.0 Å². The molecule has 15 heteroatoms. The molecule has 47 heavy (non-hydrogen) atoms. The van der Waals surface area contributed by atoms with Gasteiger partial charge in [-0.2, -0.15) is 13.2 Å². The average Bonchev–Trinajstić information content (AvgIpc) is 2.95. The Hall–Kier alpha value is -3.79. The summed E-state index contributed by atoms with van der Waals surface area (Å²) in [6.07, 6.45) is -5.41. The summed E-state index contributed by atoms with van der Waals surface area (Å²) in [4.78, 5) is 26.0. The molecule has 0 fully saturated rings. The van der Waals surface area contributed by atoms with Crippen molar-refractivity contribution in [2.45, 2.75) is 68.4 Å². The Labute approximate surface area is 272 Å². The first-order chi connectivity index (χ1) is 21.6. The quantitative estimate of drug-likeness (QED) is 0.214. The summed E-state index contributed by atoms with van der Waals surface area (Å²) in [7, 11) is -8.67. The second kappa shape index (κ2) is 15.0. The zero-order valence-corrected chi connectivity index (χ0v) is 27.8. The van der Waals surface area contributed by atoms with Gasteiger partial charge in [0.1, 0.15) is 6.04 Å². The van der Waals surface area contributed by atoms with Crippen LogP contribution in [0.5, 0.6) is 0 Å². The summed E-state index contributed by atoms with van der Waals surface area (Å²) in [5, 5.41) is 16.9. The fourth-order valence-corrected chi connectivity index (χ4v) is 6.95. The summed E-state index contributed by atoms with van der Waals surface area (Å²) in [5.74, 6) is -2.60. The Kier molecular flexibility index (Phi) is 12.0. The maximum absolute atomic E-state index is 13.6. The molecule has 0 aliphatic heterocycles. The molecule has 4 N–H and O–H groups in total. The van der Waals surface area contributed by atoms with Gasteiger partial charge in [-0.1, -0.05) is 48.5 Å². The lowest BCUT2D eigenvalue weighted by molar-refractivity contribution is -0.137. The summed E-state index contributed by atoms with van der Waals surface area (Å²) in [5.41, 5.74) is -0.194. The van der Waals surface area contributed by atoms with Gasteiger partial charge in [-0.05, 0) is 68.7 Å². The van der Waals surface area contributed by atoms with Crippen LogP contribution in [0.4, 0.5) is 13.2 Å². The predicted octanol–water partition coefficient (Wildman–Crippen LogP) is 3.26. The van der Waals surface area contributed by atoms with Gasteiger partial charge in [0.2, 0.25) is 15.9 Å². The van der Waals surface area contributed by atoms with Gasteiger partial charge in [0.15, 0.2) is 9.84 Å². The van der Waals surface area contributed by atoms with E-state index in [2.05, 4.69) is 10.6 Å². The normalized spacial score (nSPS) is 14.6. The topological polar surface area (TPSA) is 159 Å². The van der Waals surface area contributed by atoms with E-state index in [0.717, 1.165) is 12.1 Å². The number of sulfonamides is 1. The van der Waals surface area contributed by atoms with Crippen molar-refractivity contribution < 1.29 is 44.7 Å². The van der Waals surface area contributed by atoms with E-state index in [1.54, 1.807) is 54.6 Å². The van der Waals surface area contributed by atoms with Crippen molar-refractivity contribution in [3.8, 4) is 0 Å². The number of benzene rings is 3. The Balaban J connectivity index is 1.92. The van der Waals surface area contributed by atoms with Crippen molar-refractivity contribution in [1.29, 1.82) is 0 Å². The third kappa shape index (κ3) is 11.8. The lowest BCUT2D eigenvalue weighted by atomic mass is 9.93. The number of carbonyl (C=O) groups excluding carboxylic acids is 2. The van der Waals surface area contributed by atoms with Gasteiger partial charge in [-0.15, -0.1) is 0 Å². The van der Waals surface area contributed by atoms with E-state index in [-0.39, 0.29) is 18.7 Å². The molecule has 3 atom stereocenters. The number of hydrogen-bond donors (Lipinski definition) is 4. The number of amides is 2. The molecule has 0 saturated heterocycles. The van der Waals surface area contributed by atoms with Gasteiger partial charge in [0, 0.05) is 17.5 Å². The molecular weight excluding hydrogens is 659 g/mol. The molecule has 0 bridgehead atoms. The van der Waals surface area contributed by atoms with Crippen LogP contribution >= 0.6 is 0 Å². The third-order valence-corrected chi connectivity index (χ3v) is 9.35. The van der Waals surface area contributed by atoms with Crippen LogP contribution in [0.3, 0.4) is 0 Å². The highest BCUT2D eigenvalue weighted by Crippen LogP contribution is 2.30. The molecule has 3 rings (SSSR count). The molecule has 0 aliphatic rings. The van der Waals surface area contributed by atoms with E-state index in [1.807, 2.05) is 25.5 Å². The summed E-state index contributed by atoms with van der Waals surface area (Å²) >= 11 is 0. The van der Waals surface area contributed by atoms with Gasteiger partial charge in [-0.25, -0.2) is 21.6 Å². The molecule has 3 aromatic rings. The van der Waals surface area contributed by atoms with E-state index >= 15 is 0 Å². The van der Waals surface area contributed by atoms with E-state index in [9.17, 15) is 44.7 Å². The van der Waals surface area contributed by atoms with Gasteiger partial charge < -0.3 is 15.7 Å². The molecule has 3 aromatic carbocycles. The number of alkyl halides is 3. The number of hydrogen-bond acceptors (Lipinski definition) is 7. The van der Waals surface area contributed by atoms with Crippen LogP contribution in [0.15, 0.2) is 83.8 Å². The second-order valence-corrected chi connectivity index (χ2v) is 16.0. The molecule has 0 aromatic heterocycles. The van der Waals surface area contributed by atoms with E-state index in [4.69, 9.17) is 0 Å². The van der Waals surface area contributed by atoms with Crippen LogP contribution in [0.2, 0.25) is 0 Å². The molecule has 0 saturated carbocycles. The first kappa shape index (κ1) is 37.7. The van der Waals surface area contributed by atoms with Crippen molar-refractivity contribution in [3.63, 3.8) is 0 Å². The van der Waals surface area contributed by atoms with Crippen molar-refractivity contribution in [1.82, 2.24) is 15.4 Å². The van der Waals surface area contributed by atoms with E-state index < -0.39 is 71.9 Å². The number of halogens is 3. The Morgan fingerprint density at radius 1 is 0.830 bits per heavy atom. The maximum Gasteiger partial charge on any atom is 0.416 e. The maximum atomic E-state index is 13.6. The highest BCUT2D eigenvalue weighted by molar-refractivity contribution is 7.91. The lowest BCUT2D eigenvalue weighted by Crippen LogP contribution is -2.55. The molecule has 0 unspecified atom stereocenters. The van der Waals surface area contributed by atoms with Gasteiger partial charge >= 0.3 is 6.18 Å². The van der Waals surface area contributed by atoms with Crippen LogP contribution in [0, 0.1) is 0 Å². The smallest absolute Gasteiger partial charge is 0.391 e. The molecular formula is C32H38F3N3O7S2. The van der Waals surface area contributed by atoms with Crippen molar-refractivity contribution >= 4 is 31.7 Å². The van der Waals surface area contributed by atoms with Crippen LogP contribution in [0.25, 0.3) is 0 Å². The van der Waals surface area contributed by atoms with Crippen LogP contribution in [-0.4, -0.2) is 69.5 Å². The molecule has 0 radical (unpaired) electrons. The molecule has 0 heterocycles. The highest BCUT2D eigenvalue weighted by Gasteiger charge is 2.34. The number of nitrogens with one attached hydrogen (secondary N) is 3. The molecule has 2 amide bonds. The zero-order chi connectivity index (χ0) is 35.2. The van der Waals surface area contributed by atoms with Crippen molar-refractivity contribution in [2.24, 2.45) is 0 Å². The highest BCUT2D eigenvalue weighted by atomic mass is 32.2. The van der Waals surface area contributed by atoms with Gasteiger partial charge in [0.05, 0.1) is 34.6 Å². The molecule has 0 spiro atoms. The largest absolute Gasteiger partial charge is 0.416 e. The minimum absolute atomic E-state index is 0.0430. The standard InChI is InChI=1S/C32H38F3N3O7S2/c1-31(2,3)37-29(40)25-13-9-8-12-22(25)19-28(39)26(18-21-10-6-5-7-11-21)36-30(41)27(38-46(4,42)43)20-47(44,45)24-16-14-23(15-17-24)32(33,34)35/h5-17,26-28,38-39H,18-20H2,1-4H3,(H,36,41)(H,37,40)/t26-,27-,28+/m0/s1. The van der Waals surface area contributed by atoms with Crippen LogP contribution in [0.1, 0.15) is 47.8 Å². The first-order valence-corrected chi connectivity index (χ1v) is 18.0. The predicted molar refractivity (Wildman–Crippen MR) is 171 cm³/mol. The van der Waals surface area contributed by atoms with E-state index in [1.165, 1.54) is 0 Å². The third-order valence-electron chi connectivity index (χ3n) is 6.87. The summed E-state index contributed by atoms with van der Waals surface area (Å²) in [6.45, 7) is 5.44. The zero-order valence-electron chi connectivity index (χ0n) is 26.2. The minimum atomic E-state index is -4.71. The van der Waals surface area contributed by atoms with Crippen molar-refractivity contribution in [3.05, 3.63) is 101 Å². The summed E-state index contributed by atoms with van der Waals surface area (Å²) < 4.78 is 91.7. The fourth-order valence-electron chi connectivity index (χ4n) is 4.72. The number of rotatable bonds is 13. The SMILES string of the molecule is CC(C)(C)NC(=O)c1ccccc1C[C@@H](O)[C@H](Cc1ccccc1)NC(=O)[C@H](CS(=O)(=O)c1ccc(C(F)(F)F)cc1)NS(C)(=O)=O. The minimum Gasteiger partial charge on any atom is -0.391 e. The fraction of sp³-hybridized carbons (Fsp3) is 0.375. The lowest BCUT2D eigenvalue weighted by Gasteiger charge is -2.28. The van der Waals surface area contributed by atoms with Gasteiger partial charge in [0.25, 0.3) is 5.91 Å². The molecule has 10 nitrogen and oxygen atoms in total. The summed E-state index contributed by atoms with van der Waals surface area (Å²) in [6, 6.07) is 14.9. The first-order valence-electron chi connectivity index (χ1n) is 14.4. The number of aliphatic hydroxyl groups is 1. The Morgan fingerprint density at radius 3 is 1.96 bits per heavy atom. The Morgan fingerprint density at radius 2 is 1.40 bits per heavy atom. The van der Waals surface area contributed by atoms with Gasteiger partial charge in [-0.3, -0.25) is 9.59 Å². The van der Waals surface area contributed by atoms with Crippen LogP contribution < -0.4 is 15.4 Å².